The number of carboxylic acid groups (broad SMARTS) is 1. The van der Waals surface area contributed by atoms with Crippen LogP contribution in [0.4, 0.5) is 5.00 Å². The van der Waals surface area contributed by atoms with Gasteiger partial charge in [0, 0.05) is 22.9 Å². The average Bonchev–Trinajstić information content (AvgIpc) is 2.82. The van der Waals surface area contributed by atoms with Gasteiger partial charge in [0.1, 0.15) is 5.00 Å². The number of thiophene rings is 1. The first-order valence-corrected chi connectivity index (χ1v) is 8.58. The summed E-state index contributed by atoms with van der Waals surface area (Å²) in [5, 5.41) is 16.6. The van der Waals surface area contributed by atoms with Crippen molar-refractivity contribution in [3.05, 3.63) is 16.0 Å². The van der Waals surface area contributed by atoms with Crippen LogP contribution in [-0.2, 0) is 27.4 Å². The van der Waals surface area contributed by atoms with E-state index in [4.69, 9.17) is 4.74 Å². The van der Waals surface area contributed by atoms with E-state index in [2.05, 4.69) is 10.6 Å². The van der Waals surface area contributed by atoms with Crippen molar-refractivity contribution in [2.24, 2.45) is 0 Å². The van der Waals surface area contributed by atoms with Crippen LogP contribution in [-0.4, -0.2) is 29.4 Å². The molecule has 0 saturated heterocycles. The molecule has 8 heteroatoms. The van der Waals surface area contributed by atoms with Crippen LogP contribution in [0.5, 0.6) is 0 Å². The van der Waals surface area contributed by atoms with E-state index in [1.807, 2.05) is 20.8 Å². The fraction of sp³-hybridized carbons (Fsp3) is 0.562. The maximum absolute atomic E-state index is 12.0. The number of nitrogens with one attached hydrogen (secondary N) is 2. The number of fused-ring (bicyclic) bond motifs is 1. The lowest BCUT2D eigenvalue weighted by Gasteiger charge is -2.30. The molecule has 0 radical (unpaired) electrons. The molecule has 0 bridgehead atoms. The molecule has 1 aromatic heterocycles. The van der Waals surface area contributed by atoms with E-state index in [1.165, 1.54) is 0 Å². The monoisotopic (exact) mass is 353 g/mol. The molecule has 0 spiro atoms. The Balaban J connectivity index is 2.25. The first-order chi connectivity index (χ1) is 11.1. The Morgan fingerprint density at radius 3 is 2.58 bits per heavy atom. The second kappa shape index (κ2) is 6.90. The molecule has 1 aliphatic heterocycles. The van der Waals surface area contributed by atoms with Crippen molar-refractivity contribution in [1.29, 1.82) is 0 Å². The summed E-state index contributed by atoms with van der Waals surface area (Å²) in [5.41, 5.74) is 0.0537. The molecule has 2 amide bonds. The highest BCUT2D eigenvalue weighted by molar-refractivity contribution is 7.17. The first kappa shape index (κ1) is 18.4. The van der Waals surface area contributed by atoms with Gasteiger partial charge >= 0.3 is 11.8 Å². The molecule has 1 aliphatic rings. The van der Waals surface area contributed by atoms with Gasteiger partial charge in [0.05, 0.1) is 18.2 Å². The molecular weight excluding hydrogens is 332 g/mol. The van der Waals surface area contributed by atoms with Gasteiger partial charge in [0.15, 0.2) is 0 Å². The summed E-state index contributed by atoms with van der Waals surface area (Å²) in [5.74, 6) is -3.06. The molecule has 0 aliphatic carbocycles. The second-order valence-corrected chi connectivity index (χ2v) is 7.56. The zero-order chi connectivity index (χ0) is 18.1. The SMILES string of the molecule is CC[C@@H](C)NC(=O)C(=O)Nc1sc2c(c1C(=O)[O-])CC(C)(C)OC2. The van der Waals surface area contributed by atoms with Crippen LogP contribution < -0.4 is 15.7 Å². The van der Waals surface area contributed by atoms with Crippen LogP contribution in [0.3, 0.4) is 0 Å². The van der Waals surface area contributed by atoms with Gasteiger partial charge in [-0.15, -0.1) is 11.3 Å². The maximum atomic E-state index is 12.0. The standard InChI is InChI=1S/C16H22N2O5S/c1-5-8(2)17-12(19)13(20)18-14-11(15(21)22)9-6-16(3,4)23-7-10(9)24-14/h8H,5-7H2,1-4H3,(H,17,19)(H,18,20)(H,21,22)/p-1/t8-/m1/s1. The van der Waals surface area contributed by atoms with Crippen LogP contribution >= 0.6 is 11.3 Å². The number of hydrogen-bond donors (Lipinski definition) is 2. The molecule has 0 fully saturated rings. The Morgan fingerprint density at radius 2 is 2.00 bits per heavy atom. The Hall–Kier alpha value is -1.93. The van der Waals surface area contributed by atoms with E-state index >= 15 is 0 Å². The van der Waals surface area contributed by atoms with E-state index < -0.39 is 23.4 Å². The summed E-state index contributed by atoms with van der Waals surface area (Å²) >= 11 is 1.10. The predicted molar refractivity (Wildman–Crippen MR) is 87.7 cm³/mol. The van der Waals surface area contributed by atoms with E-state index in [-0.39, 0.29) is 23.2 Å². The van der Waals surface area contributed by atoms with Crippen molar-refractivity contribution >= 4 is 34.1 Å². The number of aromatic carboxylic acids is 1. The summed E-state index contributed by atoms with van der Waals surface area (Å²) < 4.78 is 5.66. The minimum atomic E-state index is -1.37. The van der Waals surface area contributed by atoms with Crippen LogP contribution in [0.15, 0.2) is 0 Å². The molecule has 1 aromatic rings. The van der Waals surface area contributed by atoms with Crippen LogP contribution in [0, 0.1) is 0 Å². The van der Waals surface area contributed by atoms with Crippen molar-refractivity contribution in [3.63, 3.8) is 0 Å². The number of amides is 2. The fourth-order valence-electron chi connectivity index (χ4n) is 2.41. The third-order valence-corrected chi connectivity index (χ3v) is 5.04. The van der Waals surface area contributed by atoms with Crippen LogP contribution in [0.1, 0.15) is 54.9 Å². The zero-order valence-electron chi connectivity index (χ0n) is 14.1. The largest absolute Gasteiger partial charge is 0.545 e. The lowest BCUT2D eigenvalue weighted by Crippen LogP contribution is -2.40. The van der Waals surface area contributed by atoms with Gasteiger partial charge in [-0.1, -0.05) is 6.92 Å². The van der Waals surface area contributed by atoms with Gasteiger partial charge in [-0.05, 0) is 32.8 Å². The van der Waals surface area contributed by atoms with E-state index in [0.29, 0.717) is 18.4 Å². The predicted octanol–water partition coefficient (Wildman–Crippen LogP) is 0.816. The topological polar surface area (TPSA) is 108 Å². The maximum Gasteiger partial charge on any atom is 0.314 e. The van der Waals surface area contributed by atoms with E-state index in [1.54, 1.807) is 6.92 Å². The number of hydrogen-bond acceptors (Lipinski definition) is 6. The molecule has 132 valence electrons. The number of ether oxygens (including phenoxy) is 1. The minimum absolute atomic E-state index is 0.0592. The lowest BCUT2D eigenvalue weighted by atomic mass is 9.93. The molecule has 0 aromatic carbocycles. The third kappa shape index (κ3) is 3.93. The quantitative estimate of drug-likeness (QED) is 0.779. The van der Waals surface area contributed by atoms with Crippen molar-refractivity contribution in [3.8, 4) is 0 Å². The molecule has 1 atom stereocenters. The molecule has 7 nitrogen and oxygen atoms in total. The van der Waals surface area contributed by atoms with Gasteiger partial charge in [0.2, 0.25) is 0 Å². The molecule has 24 heavy (non-hydrogen) atoms. The lowest BCUT2D eigenvalue weighted by molar-refractivity contribution is -0.255. The Bertz CT molecular complexity index is 680. The molecule has 0 saturated carbocycles. The summed E-state index contributed by atoms with van der Waals surface area (Å²) in [6.45, 7) is 7.66. The first-order valence-electron chi connectivity index (χ1n) is 7.76. The molecular formula is C16H21N2O5S-. The number of carbonyl (C=O) groups is 3. The van der Waals surface area contributed by atoms with Gasteiger partial charge in [-0.2, -0.15) is 0 Å². The zero-order valence-corrected chi connectivity index (χ0v) is 15.0. The average molecular weight is 353 g/mol. The van der Waals surface area contributed by atoms with Gasteiger partial charge in [0.25, 0.3) is 0 Å². The molecule has 2 heterocycles. The summed E-state index contributed by atoms with van der Waals surface area (Å²) in [6, 6.07) is -0.144. The van der Waals surface area contributed by atoms with Crippen LogP contribution in [0.2, 0.25) is 0 Å². The highest BCUT2D eigenvalue weighted by Gasteiger charge is 2.32. The number of carbonyl (C=O) groups excluding carboxylic acids is 3. The molecule has 0 unspecified atom stereocenters. The number of anilines is 1. The number of carboxylic acids is 1. The van der Waals surface area contributed by atoms with E-state index in [9.17, 15) is 19.5 Å². The normalized spacial score (nSPS) is 16.8. The van der Waals surface area contributed by atoms with Gasteiger partial charge in [-0.25, -0.2) is 0 Å². The Kier molecular flexibility index (Phi) is 5.29. The number of rotatable bonds is 4. The Labute approximate surface area is 144 Å². The third-order valence-electron chi connectivity index (χ3n) is 3.91. The van der Waals surface area contributed by atoms with Crippen LogP contribution in [0.25, 0.3) is 0 Å². The second-order valence-electron chi connectivity index (χ2n) is 6.46. The van der Waals surface area contributed by atoms with E-state index in [0.717, 1.165) is 16.2 Å². The summed E-state index contributed by atoms with van der Waals surface area (Å²) in [7, 11) is 0. The highest BCUT2D eigenvalue weighted by Crippen LogP contribution is 2.40. The summed E-state index contributed by atoms with van der Waals surface area (Å²) in [6.07, 6.45) is 1.08. The minimum Gasteiger partial charge on any atom is -0.545 e. The fourth-order valence-corrected chi connectivity index (χ4v) is 3.52. The van der Waals surface area contributed by atoms with Crippen molar-refractivity contribution in [2.75, 3.05) is 5.32 Å². The highest BCUT2D eigenvalue weighted by atomic mass is 32.1. The van der Waals surface area contributed by atoms with Gasteiger partial charge in [-0.3, -0.25) is 9.59 Å². The Morgan fingerprint density at radius 1 is 1.33 bits per heavy atom. The smallest absolute Gasteiger partial charge is 0.314 e. The molecule has 2 rings (SSSR count). The van der Waals surface area contributed by atoms with Crippen molar-refractivity contribution in [1.82, 2.24) is 5.32 Å². The van der Waals surface area contributed by atoms with Crippen molar-refractivity contribution in [2.45, 2.75) is 58.8 Å². The van der Waals surface area contributed by atoms with Gasteiger partial charge < -0.3 is 25.3 Å². The van der Waals surface area contributed by atoms with Crippen molar-refractivity contribution < 1.29 is 24.2 Å². The summed E-state index contributed by atoms with van der Waals surface area (Å²) in [4.78, 5) is 36.1. The molecule has 2 N–H and O–H groups in total.